The fourth-order valence-corrected chi connectivity index (χ4v) is 3.42. The Bertz CT molecular complexity index is 964. The lowest BCUT2D eigenvalue weighted by Gasteiger charge is -2.23. The molecule has 1 saturated heterocycles. The molecule has 2 aromatic rings. The van der Waals surface area contributed by atoms with Crippen LogP contribution in [-0.4, -0.2) is 47.4 Å². The highest BCUT2D eigenvalue weighted by atomic mass is 32.1. The van der Waals surface area contributed by atoms with Gasteiger partial charge < -0.3 is 23.4 Å². The Balaban J connectivity index is 2.05. The van der Waals surface area contributed by atoms with E-state index >= 15 is 0 Å². The molecule has 0 unspecified atom stereocenters. The molecule has 1 fully saturated rings. The summed E-state index contributed by atoms with van der Waals surface area (Å²) in [6.07, 6.45) is -3.82. The molecule has 28 heavy (non-hydrogen) atoms. The van der Waals surface area contributed by atoms with Crippen molar-refractivity contribution >= 4 is 41.2 Å². The molecule has 0 bridgehead atoms. The molecule has 0 spiro atoms. The molecule has 9 nitrogen and oxygen atoms in total. The summed E-state index contributed by atoms with van der Waals surface area (Å²) in [4.78, 5) is 34.6. The fraction of sp³-hybridized carbons (Fsp3) is 0.444. The summed E-state index contributed by atoms with van der Waals surface area (Å²) in [6, 6.07) is 7.08. The second kappa shape index (κ2) is 8.11. The van der Waals surface area contributed by atoms with Crippen LogP contribution in [0.1, 0.15) is 27.0 Å². The van der Waals surface area contributed by atoms with E-state index in [1.54, 1.807) is 28.8 Å². The van der Waals surface area contributed by atoms with E-state index in [0.29, 0.717) is 11.1 Å². The van der Waals surface area contributed by atoms with Crippen molar-refractivity contribution in [3.63, 3.8) is 0 Å². The normalized spacial score (nSPS) is 24.1. The largest absolute Gasteiger partial charge is 0.463 e. The van der Waals surface area contributed by atoms with Gasteiger partial charge in [0.15, 0.2) is 24.0 Å². The number of benzene rings is 1. The Morgan fingerprint density at radius 2 is 1.68 bits per heavy atom. The lowest BCUT2D eigenvalue weighted by molar-refractivity contribution is -0.166. The zero-order valence-electron chi connectivity index (χ0n) is 15.4. The molecular formula is C18H19NO8S. The number of aromatic nitrogens is 1. The Labute approximate surface area is 165 Å². The maximum absolute atomic E-state index is 11.7. The molecule has 1 aliphatic heterocycles. The lowest BCUT2D eigenvalue weighted by Crippen LogP contribution is -2.40. The number of para-hydroxylation sites is 2. The summed E-state index contributed by atoms with van der Waals surface area (Å²) in [5.41, 5.74) is 1.13. The molecule has 0 radical (unpaired) electrons. The Morgan fingerprint density at radius 1 is 1.04 bits per heavy atom. The third kappa shape index (κ3) is 4.07. The highest BCUT2D eigenvalue weighted by Gasteiger charge is 2.51. The maximum atomic E-state index is 11.7. The van der Waals surface area contributed by atoms with Gasteiger partial charge in [0.2, 0.25) is 0 Å². The summed E-state index contributed by atoms with van der Waals surface area (Å²) in [6.45, 7) is 3.51. The number of hydrogen-bond acceptors (Lipinski definition) is 9. The number of esters is 3. The van der Waals surface area contributed by atoms with Gasteiger partial charge in [-0.15, -0.1) is 0 Å². The van der Waals surface area contributed by atoms with Crippen LogP contribution in [0.5, 0.6) is 0 Å². The number of oxazole rings is 1. The quantitative estimate of drug-likeness (QED) is 0.418. The number of fused-ring (bicyclic) bond motifs is 1. The van der Waals surface area contributed by atoms with Crippen LogP contribution in [0, 0.1) is 4.84 Å². The molecule has 1 aromatic heterocycles. The van der Waals surface area contributed by atoms with Crippen LogP contribution in [0.25, 0.3) is 11.1 Å². The first-order valence-corrected chi connectivity index (χ1v) is 8.92. The molecule has 1 aliphatic rings. The van der Waals surface area contributed by atoms with Gasteiger partial charge in [-0.25, -0.2) is 0 Å². The van der Waals surface area contributed by atoms with Gasteiger partial charge in [-0.05, 0) is 24.4 Å². The molecule has 1 aromatic carbocycles. The average Bonchev–Trinajstić information content (AvgIpc) is 3.09. The summed E-state index contributed by atoms with van der Waals surface area (Å²) in [5, 5.41) is 0. The Hall–Kier alpha value is -2.72. The van der Waals surface area contributed by atoms with Crippen LogP contribution >= 0.6 is 12.2 Å². The monoisotopic (exact) mass is 409 g/mol. The van der Waals surface area contributed by atoms with E-state index in [0.717, 1.165) is 0 Å². The van der Waals surface area contributed by atoms with Crippen LogP contribution in [0.2, 0.25) is 0 Å². The number of carbonyl (C=O) groups is 3. The molecule has 2 heterocycles. The van der Waals surface area contributed by atoms with Gasteiger partial charge in [0, 0.05) is 20.8 Å². The van der Waals surface area contributed by atoms with Gasteiger partial charge in [0.05, 0.1) is 5.52 Å². The highest BCUT2D eigenvalue weighted by molar-refractivity contribution is 7.71. The van der Waals surface area contributed by atoms with Gasteiger partial charge in [-0.2, -0.15) is 0 Å². The predicted octanol–water partition coefficient (Wildman–Crippen LogP) is 2.29. The SMILES string of the molecule is CC(=O)OC[C@H]1O[C@@H](n2c(=S)oc3ccccc32)[C@H](OC(C)=O)[C@@H]1OC(C)=O. The Kier molecular flexibility index (Phi) is 5.80. The minimum atomic E-state index is -1.02. The smallest absolute Gasteiger partial charge is 0.303 e. The summed E-state index contributed by atoms with van der Waals surface area (Å²) in [7, 11) is 0. The minimum Gasteiger partial charge on any atom is -0.463 e. The third-order valence-electron chi connectivity index (χ3n) is 4.11. The molecule has 10 heteroatoms. The number of nitrogens with zero attached hydrogens (tertiary/aromatic N) is 1. The molecule has 0 amide bonds. The van der Waals surface area contributed by atoms with E-state index in [4.69, 9.17) is 35.6 Å². The molecule has 3 rings (SSSR count). The van der Waals surface area contributed by atoms with Gasteiger partial charge in [-0.3, -0.25) is 19.0 Å². The first-order chi connectivity index (χ1) is 13.3. The minimum absolute atomic E-state index is 0.0954. The summed E-state index contributed by atoms with van der Waals surface area (Å²) >= 11 is 5.31. The van der Waals surface area contributed by atoms with Crippen molar-refractivity contribution in [2.75, 3.05) is 6.61 Å². The number of carbonyl (C=O) groups excluding carboxylic acids is 3. The molecule has 4 atom stereocenters. The van der Waals surface area contributed by atoms with Gasteiger partial charge in [-0.1, -0.05) is 12.1 Å². The molecule has 0 saturated carbocycles. The Morgan fingerprint density at radius 3 is 2.32 bits per heavy atom. The van der Waals surface area contributed by atoms with Crippen molar-refractivity contribution in [3.8, 4) is 0 Å². The fourth-order valence-electron chi connectivity index (χ4n) is 3.13. The highest BCUT2D eigenvalue weighted by Crippen LogP contribution is 2.37. The van der Waals surface area contributed by atoms with E-state index in [2.05, 4.69) is 0 Å². The van der Waals surface area contributed by atoms with Gasteiger partial charge in [0.25, 0.3) is 4.84 Å². The van der Waals surface area contributed by atoms with Crippen molar-refractivity contribution in [1.29, 1.82) is 0 Å². The van der Waals surface area contributed by atoms with Crippen molar-refractivity contribution in [1.82, 2.24) is 4.57 Å². The van der Waals surface area contributed by atoms with Gasteiger partial charge >= 0.3 is 17.9 Å². The zero-order valence-corrected chi connectivity index (χ0v) is 16.3. The van der Waals surface area contributed by atoms with Crippen LogP contribution in [-0.2, 0) is 33.3 Å². The maximum Gasteiger partial charge on any atom is 0.303 e. The third-order valence-corrected chi connectivity index (χ3v) is 4.39. The zero-order chi connectivity index (χ0) is 20.4. The first-order valence-electron chi connectivity index (χ1n) is 8.51. The number of rotatable bonds is 5. The van der Waals surface area contributed by atoms with E-state index in [1.165, 1.54) is 20.8 Å². The van der Waals surface area contributed by atoms with Crippen molar-refractivity contribution in [2.24, 2.45) is 0 Å². The van der Waals surface area contributed by atoms with Crippen LogP contribution in [0.3, 0.4) is 0 Å². The van der Waals surface area contributed by atoms with Gasteiger partial charge in [0.1, 0.15) is 12.7 Å². The van der Waals surface area contributed by atoms with Crippen molar-refractivity contribution < 1.29 is 37.7 Å². The molecule has 0 aliphatic carbocycles. The van der Waals surface area contributed by atoms with E-state index in [9.17, 15) is 14.4 Å². The number of ether oxygens (including phenoxy) is 4. The number of hydrogen-bond donors (Lipinski definition) is 0. The van der Waals surface area contributed by atoms with E-state index < -0.39 is 42.4 Å². The van der Waals surface area contributed by atoms with Crippen molar-refractivity contribution in [2.45, 2.75) is 45.3 Å². The molecule has 150 valence electrons. The second-order valence-corrected chi connectivity index (χ2v) is 6.57. The van der Waals surface area contributed by atoms with Crippen LogP contribution < -0.4 is 0 Å². The van der Waals surface area contributed by atoms with Crippen molar-refractivity contribution in [3.05, 3.63) is 29.1 Å². The molecule has 0 N–H and O–H groups in total. The average molecular weight is 409 g/mol. The lowest BCUT2D eigenvalue weighted by atomic mass is 10.1. The van der Waals surface area contributed by atoms with Crippen LogP contribution in [0.15, 0.2) is 28.7 Å². The standard InChI is InChI=1S/C18H19NO8S/c1-9(20)23-8-14-15(24-10(2)21)16(25-11(3)22)17(26-14)19-12-6-4-5-7-13(12)27-18(19)28/h4-7,14-17H,8H2,1-3H3/t14-,15-,16-,17-/m1/s1. The topological polar surface area (TPSA) is 106 Å². The summed E-state index contributed by atoms with van der Waals surface area (Å²) < 4.78 is 28.9. The second-order valence-electron chi connectivity index (χ2n) is 6.22. The van der Waals surface area contributed by atoms with E-state index in [-0.39, 0.29) is 11.4 Å². The predicted molar refractivity (Wildman–Crippen MR) is 96.7 cm³/mol. The molecular weight excluding hydrogens is 390 g/mol. The summed E-state index contributed by atoms with van der Waals surface area (Å²) in [5.74, 6) is -1.72. The van der Waals surface area contributed by atoms with Crippen LogP contribution in [0.4, 0.5) is 0 Å². The van der Waals surface area contributed by atoms with E-state index in [1.807, 2.05) is 0 Å². The first kappa shape index (κ1) is 20.0.